The van der Waals surface area contributed by atoms with Gasteiger partial charge in [0.2, 0.25) is 5.91 Å². The van der Waals surface area contributed by atoms with E-state index in [-0.39, 0.29) is 6.04 Å². The summed E-state index contributed by atoms with van der Waals surface area (Å²) in [5.74, 6) is 0.0830. The van der Waals surface area contributed by atoms with Crippen molar-refractivity contribution in [2.75, 3.05) is 5.32 Å². The molecule has 2 rings (SSSR count). The van der Waals surface area contributed by atoms with Crippen LogP contribution in [0.1, 0.15) is 35.1 Å². The largest absolute Gasteiger partial charge is 0.377 e. The monoisotopic (exact) mass is 274 g/mol. The van der Waals surface area contributed by atoms with Crippen LogP contribution in [0.25, 0.3) is 0 Å². The summed E-state index contributed by atoms with van der Waals surface area (Å²) in [6, 6.07) is 11.8. The molecule has 3 nitrogen and oxygen atoms in total. The molecule has 0 aliphatic carbocycles. The van der Waals surface area contributed by atoms with Crippen LogP contribution in [0.3, 0.4) is 0 Å². The molecule has 1 amide bonds. The fraction of sp³-hybridized carbons (Fsp3) is 0.267. The van der Waals surface area contributed by atoms with Crippen LogP contribution in [-0.4, -0.2) is 5.91 Å². The summed E-state index contributed by atoms with van der Waals surface area (Å²) in [6.07, 6.45) is 0. The first-order valence-corrected chi connectivity index (χ1v) is 7.15. The minimum absolute atomic E-state index is 0.277. The lowest BCUT2D eigenvalue weighted by molar-refractivity contribution is 0.100. The highest BCUT2D eigenvalue weighted by atomic mass is 32.1. The number of carbonyl (C=O) groups is 1. The molecule has 100 valence electrons. The Morgan fingerprint density at radius 2 is 1.89 bits per heavy atom. The molecule has 1 heterocycles. The molecule has 2 aromatic rings. The fourth-order valence-electron chi connectivity index (χ4n) is 1.94. The second-order valence-corrected chi connectivity index (χ2v) is 5.80. The second kappa shape index (κ2) is 5.89. The van der Waals surface area contributed by atoms with Gasteiger partial charge >= 0.3 is 0 Å². The summed E-state index contributed by atoms with van der Waals surface area (Å²) in [5, 5.41) is 5.59. The number of carbonyl (C=O) groups excluding carboxylic acids is 1. The summed E-state index contributed by atoms with van der Waals surface area (Å²) in [7, 11) is 0. The number of anilines is 1. The quantitative estimate of drug-likeness (QED) is 0.874. The zero-order valence-electron chi connectivity index (χ0n) is 11.1. The zero-order chi connectivity index (χ0) is 13.8. The maximum atomic E-state index is 11.0. The van der Waals surface area contributed by atoms with Gasteiger partial charge in [0.25, 0.3) is 0 Å². The van der Waals surface area contributed by atoms with E-state index in [0.29, 0.717) is 11.5 Å². The molecule has 0 radical (unpaired) electrons. The Labute approximate surface area is 117 Å². The van der Waals surface area contributed by atoms with Crippen molar-refractivity contribution in [3.8, 4) is 0 Å². The Morgan fingerprint density at radius 3 is 2.37 bits per heavy atom. The molecular formula is C15H18N2OS. The van der Waals surface area contributed by atoms with Crippen LogP contribution in [0.5, 0.6) is 0 Å². The van der Waals surface area contributed by atoms with Crippen LogP contribution in [0.4, 0.5) is 5.69 Å². The van der Waals surface area contributed by atoms with Gasteiger partial charge in [0.15, 0.2) is 0 Å². The molecule has 0 saturated carbocycles. The summed E-state index contributed by atoms with van der Waals surface area (Å²) < 4.78 is 0. The molecule has 1 aromatic heterocycles. The van der Waals surface area contributed by atoms with E-state index in [1.807, 2.05) is 12.1 Å². The first kappa shape index (κ1) is 13.6. The molecule has 1 aromatic carbocycles. The number of nitrogens with one attached hydrogen (secondary N) is 1. The molecule has 0 aliphatic rings. The number of thiophene rings is 1. The topological polar surface area (TPSA) is 55.1 Å². The molecule has 0 spiro atoms. The van der Waals surface area contributed by atoms with Crippen LogP contribution in [-0.2, 0) is 0 Å². The number of nitrogens with two attached hydrogens (primary N) is 1. The van der Waals surface area contributed by atoms with Gasteiger partial charge in [-0.1, -0.05) is 19.9 Å². The highest BCUT2D eigenvalue weighted by molar-refractivity contribution is 7.10. The third-order valence-corrected chi connectivity index (χ3v) is 3.96. The predicted molar refractivity (Wildman–Crippen MR) is 80.5 cm³/mol. The van der Waals surface area contributed by atoms with Crippen molar-refractivity contribution in [3.63, 3.8) is 0 Å². The number of rotatable bonds is 5. The van der Waals surface area contributed by atoms with Crippen LogP contribution in [0, 0.1) is 5.92 Å². The minimum Gasteiger partial charge on any atom is -0.377 e. The molecule has 0 aliphatic heterocycles. The summed E-state index contributed by atoms with van der Waals surface area (Å²) >= 11 is 1.75. The third kappa shape index (κ3) is 3.35. The van der Waals surface area contributed by atoms with E-state index in [4.69, 9.17) is 5.73 Å². The lowest BCUT2D eigenvalue weighted by atomic mass is 10.0. The maximum Gasteiger partial charge on any atom is 0.248 e. The van der Waals surface area contributed by atoms with E-state index in [1.54, 1.807) is 23.5 Å². The molecule has 19 heavy (non-hydrogen) atoms. The number of benzene rings is 1. The standard InChI is InChI=1S/C15H18N2OS/c1-10(2)14(13-4-3-9-19-13)17-12-7-5-11(6-8-12)15(16)18/h3-10,14,17H,1-2H3,(H2,16,18). The van der Waals surface area contributed by atoms with Gasteiger partial charge in [-0.2, -0.15) is 0 Å². The third-order valence-electron chi connectivity index (χ3n) is 3.01. The average molecular weight is 274 g/mol. The first-order chi connectivity index (χ1) is 9.08. The van der Waals surface area contributed by atoms with Crippen molar-refractivity contribution in [3.05, 3.63) is 52.2 Å². The number of hydrogen-bond acceptors (Lipinski definition) is 3. The van der Waals surface area contributed by atoms with E-state index in [0.717, 1.165) is 5.69 Å². The molecule has 1 atom stereocenters. The van der Waals surface area contributed by atoms with Crippen LogP contribution in [0.15, 0.2) is 41.8 Å². The molecule has 0 fully saturated rings. The van der Waals surface area contributed by atoms with Crippen LogP contribution < -0.4 is 11.1 Å². The van der Waals surface area contributed by atoms with Crippen molar-refractivity contribution in [1.82, 2.24) is 0 Å². The van der Waals surface area contributed by atoms with Crippen molar-refractivity contribution in [2.24, 2.45) is 11.7 Å². The van der Waals surface area contributed by atoms with Crippen LogP contribution in [0.2, 0.25) is 0 Å². The Balaban J connectivity index is 2.16. The lowest BCUT2D eigenvalue weighted by Crippen LogP contribution is -2.16. The van der Waals surface area contributed by atoms with Gasteiger partial charge in [0.1, 0.15) is 0 Å². The number of primary amides is 1. The van der Waals surface area contributed by atoms with Crippen molar-refractivity contribution in [1.29, 1.82) is 0 Å². The SMILES string of the molecule is CC(C)C(Nc1ccc(C(N)=O)cc1)c1cccs1. The van der Waals surface area contributed by atoms with Gasteiger partial charge in [0.05, 0.1) is 6.04 Å². The smallest absolute Gasteiger partial charge is 0.248 e. The van der Waals surface area contributed by atoms with Gasteiger partial charge in [-0.05, 0) is 41.6 Å². The van der Waals surface area contributed by atoms with E-state index in [2.05, 4.69) is 36.7 Å². The number of hydrogen-bond donors (Lipinski definition) is 2. The van der Waals surface area contributed by atoms with E-state index < -0.39 is 5.91 Å². The van der Waals surface area contributed by atoms with Crippen molar-refractivity contribution >= 4 is 22.9 Å². The van der Waals surface area contributed by atoms with Crippen molar-refractivity contribution < 1.29 is 4.79 Å². The highest BCUT2D eigenvalue weighted by Crippen LogP contribution is 2.29. The average Bonchev–Trinajstić information content (AvgIpc) is 2.89. The minimum atomic E-state index is -0.398. The molecular weight excluding hydrogens is 256 g/mol. The van der Waals surface area contributed by atoms with Crippen LogP contribution >= 0.6 is 11.3 Å². The molecule has 3 N–H and O–H groups in total. The van der Waals surface area contributed by atoms with Gasteiger partial charge in [-0.15, -0.1) is 11.3 Å². The van der Waals surface area contributed by atoms with Crippen molar-refractivity contribution in [2.45, 2.75) is 19.9 Å². The summed E-state index contributed by atoms with van der Waals surface area (Å²) in [6.45, 7) is 4.38. The zero-order valence-corrected chi connectivity index (χ0v) is 11.9. The molecule has 0 saturated heterocycles. The van der Waals surface area contributed by atoms with Gasteiger partial charge in [0, 0.05) is 16.1 Å². The first-order valence-electron chi connectivity index (χ1n) is 6.27. The molecule has 0 bridgehead atoms. The normalized spacial score (nSPS) is 12.4. The Kier molecular flexibility index (Phi) is 4.22. The highest BCUT2D eigenvalue weighted by Gasteiger charge is 2.16. The Bertz CT molecular complexity index is 532. The lowest BCUT2D eigenvalue weighted by Gasteiger charge is -2.22. The summed E-state index contributed by atoms with van der Waals surface area (Å²) in [4.78, 5) is 12.3. The predicted octanol–water partition coefficient (Wildman–Crippen LogP) is 3.66. The van der Waals surface area contributed by atoms with Gasteiger partial charge in [-0.25, -0.2) is 0 Å². The van der Waals surface area contributed by atoms with Gasteiger partial charge < -0.3 is 11.1 Å². The number of amides is 1. The fourth-order valence-corrected chi connectivity index (χ4v) is 2.89. The van der Waals surface area contributed by atoms with E-state index in [1.165, 1.54) is 4.88 Å². The maximum absolute atomic E-state index is 11.0. The molecule has 1 unspecified atom stereocenters. The van der Waals surface area contributed by atoms with E-state index in [9.17, 15) is 4.79 Å². The van der Waals surface area contributed by atoms with E-state index >= 15 is 0 Å². The second-order valence-electron chi connectivity index (χ2n) is 4.82. The summed E-state index contributed by atoms with van der Waals surface area (Å²) in [5.41, 5.74) is 6.76. The Hall–Kier alpha value is -1.81. The van der Waals surface area contributed by atoms with Gasteiger partial charge in [-0.3, -0.25) is 4.79 Å². The molecule has 4 heteroatoms. The Morgan fingerprint density at radius 1 is 1.21 bits per heavy atom.